The lowest BCUT2D eigenvalue weighted by Gasteiger charge is -2.18. The quantitative estimate of drug-likeness (QED) is 0.329. The van der Waals surface area contributed by atoms with E-state index < -0.39 is 19.9 Å². The van der Waals surface area contributed by atoms with Crippen LogP contribution in [0.5, 0.6) is 11.5 Å². The van der Waals surface area contributed by atoms with Crippen molar-refractivity contribution in [2.24, 2.45) is 5.10 Å². The van der Waals surface area contributed by atoms with E-state index in [1.807, 2.05) is 0 Å². The van der Waals surface area contributed by atoms with Gasteiger partial charge in [0.1, 0.15) is 0 Å². The Morgan fingerprint density at radius 1 is 1.22 bits per heavy atom. The van der Waals surface area contributed by atoms with E-state index in [1.54, 1.807) is 13.0 Å². The Labute approximate surface area is 182 Å². The van der Waals surface area contributed by atoms with Crippen LogP contribution in [0.3, 0.4) is 0 Å². The highest BCUT2D eigenvalue weighted by Gasteiger charge is 2.24. The summed E-state index contributed by atoms with van der Waals surface area (Å²) in [6, 6.07) is 7.71. The molecule has 32 heavy (non-hydrogen) atoms. The Morgan fingerprint density at radius 3 is 2.62 bits per heavy atom. The number of hydrazone groups is 1. The number of nitro benzene ring substituents is 1. The fraction of sp³-hybridized carbons (Fsp3) is 0.211. The van der Waals surface area contributed by atoms with Gasteiger partial charge in [-0.2, -0.15) is 17.9 Å². The zero-order valence-electron chi connectivity index (χ0n) is 17.0. The van der Waals surface area contributed by atoms with E-state index >= 15 is 0 Å². The summed E-state index contributed by atoms with van der Waals surface area (Å²) < 4.78 is 37.1. The Balaban J connectivity index is 1.94. The summed E-state index contributed by atoms with van der Waals surface area (Å²) >= 11 is 0. The third kappa shape index (κ3) is 4.67. The van der Waals surface area contributed by atoms with Gasteiger partial charge in [0, 0.05) is 30.8 Å². The summed E-state index contributed by atoms with van der Waals surface area (Å²) in [5.74, 6) is 0.668. The number of sulfonamides is 1. The molecule has 0 bridgehead atoms. The van der Waals surface area contributed by atoms with Crippen LogP contribution in [-0.4, -0.2) is 49.2 Å². The molecule has 13 heteroatoms. The highest BCUT2D eigenvalue weighted by molar-refractivity contribution is 7.89. The number of rotatable bonds is 8. The molecular formula is C19H18N4O8S. The van der Waals surface area contributed by atoms with E-state index in [-0.39, 0.29) is 22.9 Å². The van der Waals surface area contributed by atoms with Crippen molar-refractivity contribution in [1.82, 2.24) is 4.41 Å². The second kappa shape index (κ2) is 9.01. The Hall–Kier alpha value is -4.00. The monoisotopic (exact) mass is 462 g/mol. The summed E-state index contributed by atoms with van der Waals surface area (Å²) in [5.41, 5.74) is 0.282. The fourth-order valence-electron chi connectivity index (χ4n) is 2.84. The number of non-ortho nitro benzene ring substituents is 1. The SMILES string of the molecule is CCOc1cc(C=NN(C)S(=O)(=O)c2cccc([N+](=O)[O-])c2)cc2c1OCC([N+](=O)[O-])=C2. The molecule has 12 nitrogen and oxygen atoms in total. The van der Waals surface area contributed by atoms with E-state index in [2.05, 4.69) is 5.10 Å². The first-order valence-electron chi connectivity index (χ1n) is 9.19. The maximum absolute atomic E-state index is 12.7. The third-order valence-corrected chi connectivity index (χ3v) is 6.01. The van der Waals surface area contributed by atoms with Crippen molar-refractivity contribution < 1.29 is 27.7 Å². The lowest BCUT2D eigenvalue weighted by atomic mass is 10.1. The molecule has 2 aromatic carbocycles. The lowest BCUT2D eigenvalue weighted by molar-refractivity contribution is -0.427. The molecule has 0 N–H and O–H groups in total. The summed E-state index contributed by atoms with van der Waals surface area (Å²) in [7, 11) is -2.97. The zero-order chi connectivity index (χ0) is 23.5. The van der Waals surface area contributed by atoms with Crippen LogP contribution in [0.15, 0.2) is 52.1 Å². The van der Waals surface area contributed by atoms with Gasteiger partial charge in [0.15, 0.2) is 18.1 Å². The normalized spacial score (nSPS) is 13.1. The van der Waals surface area contributed by atoms with Crippen molar-refractivity contribution in [3.8, 4) is 11.5 Å². The largest absolute Gasteiger partial charge is 0.490 e. The van der Waals surface area contributed by atoms with Crippen LogP contribution in [0.2, 0.25) is 0 Å². The smallest absolute Gasteiger partial charge is 0.284 e. The number of fused-ring (bicyclic) bond motifs is 1. The number of hydrogen-bond acceptors (Lipinski definition) is 9. The third-order valence-electron chi connectivity index (χ3n) is 4.37. The van der Waals surface area contributed by atoms with E-state index in [9.17, 15) is 28.6 Å². The van der Waals surface area contributed by atoms with Crippen LogP contribution in [-0.2, 0) is 10.0 Å². The Morgan fingerprint density at radius 2 is 1.97 bits per heavy atom. The molecule has 0 atom stereocenters. The summed E-state index contributed by atoms with van der Waals surface area (Å²) in [5, 5.41) is 25.9. The second-order valence-electron chi connectivity index (χ2n) is 6.49. The van der Waals surface area contributed by atoms with E-state index in [1.165, 1.54) is 43.6 Å². The Kier molecular flexibility index (Phi) is 6.39. The van der Waals surface area contributed by atoms with Crippen molar-refractivity contribution >= 4 is 28.0 Å². The number of ether oxygens (including phenoxy) is 2. The second-order valence-corrected chi connectivity index (χ2v) is 8.44. The van der Waals surface area contributed by atoms with Gasteiger partial charge < -0.3 is 9.47 Å². The molecule has 0 aliphatic carbocycles. The molecule has 3 rings (SSSR count). The molecule has 0 unspecified atom stereocenters. The highest BCUT2D eigenvalue weighted by Crippen LogP contribution is 2.37. The van der Waals surface area contributed by atoms with Crippen LogP contribution < -0.4 is 9.47 Å². The van der Waals surface area contributed by atoms with Gasteiger partial charge in [-0.3, -0.25) is 20.2 Å². The van der Waals surface area contributed by atoms with Gasteiger partial charge in [-0.05, 0) is 30.7 Å². The topological polar surface area (TPSA) is 154 Å². The van der Waals surface area contributed by atoms with Crippen LogP contribution >= 0.6 is 0 Å². The standard InChI is InChI=1S/C19H18N4O8S/c1-3-30-18-8-13(7-14-9-16(23(26)27)12-31-19(14)18)11-20-21(2)32(28,29)17-6-4-5-15(10-17)22(24)25/h4-11H,3,12H2,1-2H3. The fourth-order valence-corrected chi connectivity index (χ4v) is 3.83. The summed E-state index contributed by atoms with van der Waals surface area (Å²) in [6.07, 6.45) is 2.58. The van der Waals surface area contributed by atoms with Crippen molar-refractivity contribution in [3.63, 3.8) is 0 Å². The minimum absolute atomic E-state index is 0.139. The van der Waals surface area contributed by atoms with Crippen LogP contribution in [0.25, 0.3) is 6.08 Å². The molecule has 168 valence electrons. The van der Waals surface area contributed by atoms with Gasteiger partial charge >= 0.3 is 0 Å². The van der Waals surface area contributed by atoms with Crippen molar-refractivity contribution in [2.45, 2.75) is 11.8 Å². The molecule has 0 saturated carbocycles. The van der Waals surface area contributed by atoms with Crippen molar-refractivity contribution in [3.05, 3.63) is 73.5 Å². The van der Waals surface area contributed by atoms with Crippen LogP contribution in [0.4, 0.5) is 5.69 Å². The number of benzene rings is 2. The van der Waals surface area contributed by atoms with E-state index in [0.29, 0.717) is 33.6 Å². The molecule has 2 aromatic rings. The molecular weight excluding hydrogens is 444 g/mol. The predicted molar refractivity (Wildman–Crippen MR) is 114 cm³/mol. The summed E-state index contributed by atoms with van der Waals surface area (Å²) in [4.78, 5) is 20.5. The van der Waals surface area contributed by atoms with Gasteiger partial charge in [-0.25, -0.2) is 0 Å². The molecule has 1 aliphatic rings. The Bertz CT molecular complexity index is 1240. The first-order valence-corrected chi connectivity index (χ1v) is 10.6. The molecule has 0 radical (unpaired) electrons. The lowest BCUT2D eigenvalue weighted by Crippen LogP contribution is -2.22. The van der Waals surface area contributed by atoms with E-state index in [4.69, 9.17) is 9.47 Å². The maximum Gasteiger partial charge on any atom is 0.284 e. The average Bonchev–Trinajstić information content (AvgIpc) is 2.77. The van der Waals surface area contributed by atoms with Crippen LogP contribution in [0, 0.1) is 20.2 Å². The molecule has 0 aromatic heterocycles. The first kappa shape index (κ1) is 22.7. The van der Waals surface area contributed by atoms with Gasteiger partial charge in [0.2, 0.25) is 0 Å². The molecule has 1 heterocycles. The minimum Gasteiger partial charge on any atom is -0.490 e. The van der Waals surface area contributed by atoms with Gasteiger partial charge in [-0.15, -0.1) is 0 Å². The van der Waals surface area contributed by atoms with Crippen molar-refractivity contribution in [1.29, 1.82) is 0 Å². The number of hydrogen-bond donors (Lipinski definition) is 0. The summed E-state index contributed by atoms with van der Waals surface area (Å²) in [6.45, 7) is 1.86. The van der Waals surface area contributed by atoms with Gasteiger partial charge in [-0.1, -0.05) is 6.07 Å². The zero-order valence-corrected chi connectivity index (χ0v) is 17.8. The van der Waals surface area contributed by atoms with Gasteiger partial charge in [0.25, 0.3) is 21.4 Å². The van der Waals surface area contributed by atoms with Crippen LogP contribution in [0.1, 0.15) is 18.1 Å². The molecule has 0 amide bonds. The molecule has 0 spiro atoms. The van der Waals surface area contributed by atoms with Gasteiger partial charge in [0.05, 0.1) is 27.6 Å². The minimum atomic E-state index is -4.15. The first-order chi connectivity index (χ1) is 15.1. The number of nitrogens with zero attached hydrogens (tertiary/aromatic N) is 4. The number of nitro groups is 2. The predicted octanol–water partition coefficient (Wildman–Crippen LogP) is 2.66. The highest BCUT2D eigenvalue weighted by atomic mass is 32.2. The van der Waals surface area contributed by atoms with Crippen molar-refractivity contribution in [2.75, 3.05) is 20.3 Å². The molecule has 0 saturated heterocycles. The average molecular weight is 462 g/mol. The molecule has 0 fully saturated rings. The van der Waals surface area contributed by atoms with E-state index in [0.717, 1.165) is 6.07 Å². The molecule has 1 aliphatic heterocycles. The maximum atomic E-state index is 12.7.